The molecule has 0 heterocycles. The summed E-state index contributed by atoms with van der Waals surface area (Å²) in [6.07, 6.45) is 0. The number of hydrogen-bond donors (Lipinski definition) is 1. The zero-order chi connectivity index (χ0) is 13.8. The number of aromatic carboxylic acids is 1. The molecule has 2 rings (SSSR count). The average molecular weight is 339 g/mol. The third-order valence-corrected chi connectivity index (χ3v) is 4.08. The van der Waals surface area contributed by atoms with Gasteiger partial charge in [-0.2, -0.15) is 0 Å². The van der Waals surface area contributed by atoms with Crippen molar-refractivity contribution in [1.29, 1.82) is 0 Å². The van der Waals surface area contributed by atoms with Crippen LogP contribution in [0.5, 0.6) is 5.75 Å². The van der Waals surface area contributed by atoms with Gasteiger partial charge >= 0.3 is 5.97 Å². The van der Waals surface area contributed by atoms with E-state index in [0.29, 0.717) is 5.56 Å². The average Bonchev–Trinajstić information content (AvgIpc) is 2.39. The molecule has 0 saturated carbocycles. The van der Waals surface area contributed by atoms with Crippen LogP contribution in [0.25, 0.3) is 0 Å². The Kier molecular flexibility index (Phi) is 4.50. The van der Waals surface area contributed by atoms with Crippen molar-refractivity contribution in [3.05, 3.63) is 52.5 Å². The van der Waals surface area contributed by atoms with Crippen LogP contribution in [0.3, 0.4) is 0 Å². The fraction of sp³-hybridized carbons (Fsp3) is 0.0714. The van der Waals surface area contributed by atoms with E-state index in [9.17, 15) is 4.79 Å². The molecule has 0 saturated heterocycles. The van der Waals surface area contributed by atoms with Crippen molar-refractivity contribution >= 4 is 33.7 Å². The second-order valence-electron chi connectivity index (χ2n) is 3.73. The van der Waals surface area contributed by atoms with Gasteiger partial charge in [-0.15, -0.1) is 0 Å². The molecule has 0 amide bonds. The van der Waals surface area contributed by atoms with E-state index >= 15 is 0 Å². The molecule has 3 nitrogen and oxygen atoms in total. The van der Waals surface area contributed by atoms with E-state index in [1.807, 2.05) is 18.2 Å². The summed E-state index contributed by atoms with van der Waals surface area (Å²) in [4.78, 5) is 12.8. The minimum atomic E-state index is -0.913. The highest BCUT2D eigenvalue weighted by atomic mass is 79.9. The predicted octanol–water partition coefficient (Wildman–Crippen LogP) is 4.31. The van der Waals surface area contributed by atoms with E-state index in [0.717, 1.165) is 20.0 Å². The normalized spacial score (nSPS) is 10.2. The minimum Gasteiger partial charge on any atom is -0.496 e. The first-order valence-corrected chi connectivity index (χ1v) is 7.06. The quantitative estimate of drug-likeness (QED) is 0.902. The number of carboxylic acids is 1. The largest absolute Gasteiger partial charge is 0.496 e. The van der Waals surface area contributed by atoms with Crippen LogP contribution in [0.2, 0.25) is 0 Å². The Bertz CT molecular complexity index is 596. The van der Waals surface area contributed by atoms with Crippen molar-refractivity contribution in [1.82, 2.24) is 0 Å². The first kappa shape index (κ1) is 14.0. The number of carboxylic acid groups (broad SMARTS) is 1. The van der Waals surface area contributed by atoms with Gasteiger partial charge in [0.2, 0.25) is 0 Å². The standard InChI is InChI=1S/C14H11BrO3S/c1-18-13-7-6-11(8-12(13)15)19-10-4-2-9(3-5-10)14(16)17/h2-8H,1H3,(H,16,17). The van der Waals surface area contributed by atoms with Gasteiger partial charge in [0.1, 0.15) is 5.75 Å². The highest BCUT2D eigenvalue weighted by Crippen LogP contribution is 2.33. The van der Waals surface area contributed by atoms with Crippen LogP contribution in [-0.2, 0) is 0 Å². The Morgan fingerprint density at radius 3 is 2.32 bits per heavy atom. The molecule has 98 valence electrons. The summed E-state index contributed by atoms with van der Waals surface area (Å²) in [7, 11) is 1.62. The molecular formula is C14H11BrO3S. The molecule has 0 atom stereocenters. The van der Waals surface area contributed by atoms with Gasteiger partial charge in [0.05, 0.1) is 17.1 Å². The number of methoxy groups -OCH3 is 1. The first-order chi connectivity index (χ1) is 9.10. The number of rotatable bonds is 4. The lowest BCUT2D eigenvalue weighted by molar-refractivity contribution is 0.0697. The van der Waals surface area contributed by atoms with Crippen molar-refractivity contribution < 1.29 is 14.6 Å². The smallest absolute Gasteiger partial charge is 0.335 e. The molecule has 0 fully saturated rings. The lowest BCUT2D eigenvalue weighted by Gasteiger charge is -2.06. The Morgan fingerprint density at radius 1 is 1.16 bits per heavy atom. The Morgan fingerprint density at radius 2 is 1.79 bits per heavy atom. The molecule has 0 aliphatic rings. The van der Waals surface area contributed by atoms with Crippen molar-refractivity contribution in [2.75, 3.05) is 7.11 Å². The molecule has 1 N–H and O–H groups in total. The van der Waals surface area contributed by atoms with Crippen molar-refractivity contribution in [3.8, 4) is 5.75 Å². The van der Waals surface area contributed by atoms with Crippen LogP contribution in [-0.4, -0.2) is 18.2 Å². The molecule has 5 heteroatoms. The molecule has 19 heavy (non-hydrogen) atoms. The van der Waals surface area contributed by atoms with Crippen molar-refractivity contribution in [2.24, 2.45) is 0 Å². The number of hydrogen-bond acceptors (Lipinski definition) is 3. The van der Waals surface area contributed by atoms with E-state index in [2.05, 4.69) is 15.9 Å². The van der Waals surface area contributed by atoms with Crippen molar-refractivity contribution in [3.63, 3.8) is 0 Å². The Balaban J connectivity index is 2.16. The van der Waals surface area contributed by atoms with Crippen LogP contribution < -0.4 is 4.74 Å². The molecular weight excluding hydrogens is 328 g/mol. The zero-order valence-corrected chi connectivity index (χ0v) is 12.5. The van der Waals surface area contributed by atoms with Crippen LogP contribution >= 0.6 is 27.7 Å². The van der Waals surface area contributed by atoms with E-state index in [1.165, 1.54) is 0 Å². The SMILES string of the molecule is COc1ccc(Sc2ccc(C(=O)O)cc2)cc1Br. The monoisotopic (exact) mass is 338 g/mol. The van der Waals surface area contributed by atoms with Crippen LogP contribution in [0, 0.1) is 0 Å². The summed E-state index contributed by atoms with van der Waals surface area (Å²) in [5, 5.41) is 8.83. The summed E-state index contributed by atoms with van der Waals surface area (Å²) >= 11 is 5.00. The molecule has 0 spiro atoms. The lowest BCUT2D eigenvalue weighted by atomic mass is 10.2. The molecule has 0 radical (unpaired) electrons. The molecule has 0 aliphatic heterocycles. The molecule has 0 aromatic heterocycles. The van der Waals surface area contributed by atoms with Crippen LogP contribution in [0.15, 0.2) is 56.7 Å². The fourth-order valence-corrected chi connectivity index (χ4v) is 3.06. The number of halogens is 1. The third kappa shape index (κ3) is 3.52. The summed E-state index contributed by atoms with van der Waals surface area (Å²) in [6, 6.07) is 12.6. The first-order valence-electron chi connectivity index (χ1n) is 5.45. The molecule has 2 aromatic rings. The maximum atomic E-state index is 10.8. The maximum absolute atomic E-state index is 10.8. The van der Waals surface area contributed by atoms with Gasteiger partial charge in [0.15, 0.2) is 0 Å². The van der Waals surface area contributed by atoms with E-state index in [1.54, 1.807) is 43.1 Å². The van der Waals surface area contributed by atoms with Gasteiger partial charge in [-0.1, -0.05) is 11.8 Å². The zero-order valence-electron chi connectivity index (χ0n) is 10.1. The number of ether oxygens (including phenoxy) is 1. The van der Waals surface area contributed by atoms with Gasteiger partial charge < -0.3 is 9.84 Å². The minimum absolute atomic E-state index is 0.292. The van der Waals surface area contributed by atoms with E-state index < -0.39 is 5.97 Å². The summed E-state index contributed by atoms with van der Waals surface area (Å²) < 4.78 is 6.06. The summed E-state index contributed by atoms with van der Waals surface area (Å²) in [5.74, 6) is -0.130. The Hall–Kier alpha value is -1.46. The number of carbonyl (C=O) groups is 1. The summed E-state index contributed by atoms with van der Waals surface area (Å²) in [6.45, 7) is 0. The highest BCUT2D eigenvalue weighted by molar-refractivity contribution is 9.10. The van der Waals surface area contributed by atoms with Gasteiger partial charge in [0, 0.05) is 9.79 Å². The van der Waals surface area contributed by atoms with Crippen LogP contribution in [0.4, 0.5) is 0 Å². The van der Waals surface area contributed by atoms with Crippen molar-refractivity contribution in [2.45, 2.75) is 9.79 Å². The van der Waals surface area contributed by atoms with E-state index in [4.69, 9.17) is 9.84 Å². The molecule has 0 unspecified atom stereocenters. The van der Waals surface area contributed by atoms with Crippen LogP contribution in [0.1, 0.15) is 10.4 Å². The topological polar surface area (TPSA) is 46.5 Å². The lowest BCUT2D eigenvalue weighted by Crippen LogP contribution is -1.94. The Labute approximate surface area is 123 Å². The third-order valence-electron chi connectivity index (χ3n) is 2.46. The van der Waals surface area contributed by atoms with Gasteiger partial charge in [-0.05, 0) is 58.4 Å². The molecule has 0 aliphatic carbocycles. The molecule has 0 bridgehead atoms. The second kappa shape index (κ2) is 6.12. The van der Waals surface area contributed by atoms with Gasteiger partial charge in [0.25, 0.3) is 0 Å². The molecule has 2 aromatic carbocycles. The van der Waals surface area contributed by atoms with E-state index in [-0.39, 0.29) is 0 Å². The highest BCUT2D eigenvalue weighted by Gasteiger charge is 2.05. The number of benzene rings is 2. The summed E-state index contributed by atoms with van der Waals surface area (Å²) in [5.41, 5.74) is 0.292. The predicted molar refractivity (Wildman–Crippen MR) is 78.2 cm³/mol. The van der Waals surface area contributed by atoms with Gasteiger partial charge in [-0.25, -0.2) is 4.79 Å². The maximum Gasteiger partial charge on any atom is 0.335 e. The second-order valence-corrected chi connectivity index (χ2v) is 5.73. The van der Waals surface area contributed by atoms with Gasteiger partial charge in [-0.3, -0.25) is 0 Å². The fourth-order valence-electron chi connectivity index (χ4n) is 1.51.